The number of halogens is 3. The summed E-state index contributed by atoms with van der Waals surface area (Å²) in [4.78, 5) is 17.3. The molecule has 0 atom stereocenters. The van der Waals surface area contributed by atoms with Crippen LogP contribution in [0, 0.1) is 17.3 Å². The Morgan fingerprint density at radius 1 is 1.00 bits per heavy atom. The smallest absolute Gasteiger partial charge is 0.406 e. The second-order valence-corrected chi connectivity index (χ2v) is 10.7. The average Bonchev–Trinajstić information content (AvgIpc) is 2.73. The van der Waals surface area contributed by atoms with Gasteiger partial charge in [-0.2, -0.15) is 0 Å². The van der Waals surface area contributed by atoms with Crippen molar-refractivity contribution in [3.05, 3.63) is 24.3 Å². The maximum absolute atomic E-state index is 12.6. The first-order valence-corrected chi connectivity index (χ1v) is 12.1. The van der Waals surface area contributed by atoms with Crippen LogP contribution in [0.1, 0.15) is 52.9 Å². The number of benzene rings is 1. The lowest BCUT2D eigenvalue weighted by Gasteiger charge is -2.36. The van der Waals surface area contributed by atoms with Gasteiger partial charge in [-0.05, 0) is 80.8 Å². The molecule has 1 N–H and O–H groups in total. The zero-order chi connectivity index (χ0) is 24.1. The van der Waals surface area contributed by atoms with Crippen molar-refractivity contribution in [1.82, 2.24) is 10.2 Å². The molecule has 2 aliphatic rings. The standard InChI is InChI=1S/C25H38F3N3O2/c1-24(2,3)18-30-14-9-19(10-15-30)8-13-29-23(32)20-11-16-31(17-12-20)21-4-6-22(7-5-21)33-25(26,27)28/h4-7,19-20H,8-18H2,1-3H3,(H,29,32). The fourth-order valence-corrected chi connectivity index (χ4v) is 4.91. The molecule has 2 saturated heterocycles. The van der Waals surface area contributed by atoms with E-state index in [1.54, 1.807) is 12.1 Å². The molecule has 0 saturated carbocycles. The van der Waals surface area contributed by atoms with Crippen LogP contribution in [0.2, 0.25) is 0 Å². The van der Waals surface area contributed by atoms with Gasteiger partial charge in [0, 0.05) is 37.8 Å². The first kappa shape index (κ1) is 25.7. The van der Waals surface area contributed by atoms with Crippen LogP contribution in [0.25, 0.3) is 0 Å². The van der Waals surface area contributed by atoms with E-state index in [9.17, 15) is 18.0 Å². The van der Waals surface area contributed by atoms with Crippen molar-refractivity contribution in [3.63, 3.8) is 0 Å². The summed E-state index contributed by atoms with van der Waals surface area (Å²) in [5.41, 5.74) is 1.18. The lowest BCUT2D eigenvalue weighted by atomic mass is 9.90. The van der Waals surface area contributed by atoms with Gasteiger partial charge in [0.05, 0.1) is 0 Å². The van der Waals surface area contributed by atoms with Gasteiger partial charge >= 0.3 is 6.36 Å². The summed E-state index contributed by atoms with van der Waals surface area (Å²) in [7, 11) is 0. The van der Waals surface area contributed by atoms with Gasteiger partial charge in [-0.15, -0.1) is 13.2 Å². The van der Waals surface area contributed by atoms with E-state index >= 15 is 0 Å². The summed E-state index contributed by atoms with van der Waals surface area (Å²) in [5, 5.41) is 3.14. The molecule has 1 amide bonds. The Kier molecular flexibility index (Phi) is 8.54. The van der Waals surface area contributed by atoms with Crippen LogP contribution in [-0.4, -0.2) is 56.4 Å². The van der Waals surface area contributed by atoms with Crippen LogP contribution in [0.15, 0.2) is 24.3 Å². The highest BCUT2D eigenvalue weighted by molar-refractivity contribution is 5.79. The first-order chi connectivity index (χ1) is 15.5. The second-order valence-electron chi connectivity index (χ2n) is 10.7. The summed E-state index contributed by atoms with van der Waals surface area (Å²) in [5.74, 6) is 0.601. The zero-order valence-corrected chi connectivity index (χ0v) is 20.1. The molecule has 0 unspecified atom stereocenters. The monoisotopic (exact) mass is 469 g/mol. The molecule has 5 nitrogen and oxygen atoms in total. The van der Waals surface area contributed by atoms with Crippen molar-refractivity contribution in [2.24, 2.45) is 17.3 Å². The summed E-state index contributed by atoms with van der Waals surface area (Å²) in [6, 6.07) is 5.92. The molecule has 0 bridgehead atoms. The minimum absolute atomic E-state index is 0.00252. The molecule has 1 aromatic carbocycles. The third-order valence-corrected chi connectivity index (χ3v) is 6.56. The predicted molar refractivity (Wildman–Crippen MR) is 124 cm³/mol. The number of carbonyl (C=O) groups is 1. The molecule has 2 fully saturated rings. The number of carbonyl (C=O) groups excluding carboxylic acids is 1. The first-order valence-electron chi connectivity index (χ1n) is 12.1. The number of alkyl halides is 3. The zero-order valence-electron chi connectivity index (χ0n) is 20.1. The van der Waals surface area contributed by atoms with Crippen LogP contribution in [-0.2, 0) is 4.79 Å². The highest BCUT2D eigenvalue weighted by Gasteiger charge is 2.31. The molecule has 3 rings (SSSR count). The molecular weight excluding hydrogens is 431 g/mol. The number of ether oxygens (including phenoxy) is 1. The van der Waals surface area contributed by atoms with Gasteiger partial charge in [-0.25, -0.2) is 0 Å². The third-order valence-electron chi connectivity index (χ3n) is 6.56. The number of hydrogen-bond donors (Lipinski definition) is 1. The van der Waals surface area contributed by atoms with E-state index in [0.717, 1.165) is 51.1 Å². The van der Waals surface area contributed by atoms with E-state index in [-0.39, 0.29) is 17.6 Å². The fraction of sp³-hybridized carbons (Fsp3) is 0.720. The molecule has 1 aromatic rings. The molecular formula is C25H38F3N3O2. The molecule has 33 heavy (non-hydrogen) atoms. The highest BCUT2D eigenvalue weighted by atomic mass is 19.4. The predicted octanol–water partition coefficient (Wildman–Crippen LogP) is 5.07. The molecule has 186 valence electrons. The van der Waals surface area contributed by atoms with Crippen molar-refractivity contribution in [2.75, 3.05) is 44.2 Å². The SMILES string of the molecule is CC(C)(C)CN1CCC(CCNC(=O)C2CCN(c3ccc(OC(F)(F)F)cc3)CC2)CC1. The van der Waals surface area contributed by atoms with Crippen LogP contribution in [0.4, 0.5) is 18.9 Å². The van der Waals surface area contributed by atoms with Gasteiger partial charge < -0.3 is 19.9 Å². The van der Waals surface area contributed by atoms with Crippen LogP contribution in [0.3, 0.4) is 0 Å². The van der Waals surface area contributed by atoms with Crippen molar-refractivity contribution >= 4 is 11.6 Å². The minimum Gasteiger partial charge on any atom is -0.406 e. The summed E-state index contributed by atoms with van der Waals surface area (Å²) >= 11 is 0. The number of likely N-dealkylation sites (tertiary alicyclic amines) is 1. The highest BCUT2D eigenvalue weighted by Crippen LogP contribution is 2.28. The van der Waals surface area contributed by atoms with Crippen LogP contribution in [0.5, 0.6) is 5.75 Å². The van der Waals surface area contributed by atoms with Gasteiger partial charge in [-0.3, -0.25) is 4.79 Å². The third kappa shape index (κ3) is 8.72. The van der Waals surface area contributed by atoms with Crippen LogP contribution >= 0.6 is 0 Å². The molecule has 2 aliphatic heterocycles. The number of rotatable bonds is 7. The van der Waals surface area contributed by atoms with E-state index < -0.39 is 6.36 Å². The summed E-state index contributed by atoms with van der Waals surface area (Å²) in [6.45, 7) is 12.4. The second kappa shape index (κ2) is 11.0. The molecule has 8 heteroatoms. The normalized spacial score (nSPS) is 19.5. The molecule has 0 aliphatic carbocycles. The Bertz CT molecular complexity index is 746. The lowest BCUT2D eigenvalue weighted by molar-refractivity contribution is -0.274. The Morgan fingerprint density at radius 2 is 1.61 bits per heavy atom. The van der Waals surface area contributed by atoms with Gasteiger partial charge in [0.25, 0.3) is 0 Å². The van der Waals surface area contributed by atoms with E-state index in [0.29, 0.717) is 24.4 Å². The van der Waals surface area contributed by atoms with Gasteiger partial charge in [0.15, 0.2) is 0 Å². The fourth-order valence-electron chi connectivity index (χ4n) is 4.91. The van der Waals surface area contributed by atoms with E-state index in [2.05, 4.69) is 40.6 Å². The van der Waals surface area contributed by atoms with Crippen molar-refractivity contribution in [1.29, 1.82) is 0 Å². The minimum atomic E-state index is -4.68. The maximum Gasteiger partial charge on any atom is 0.573 e. The Labute approximate surface area is 195 Å². The largest absolute Gasteiger partial charge is 0.573 e. The van der Waals surface area contributed by atoms with E-state index in [4.69, 9.17) is 0 Å². The number of hydrogen-bond acceptors (Lipinski definition) is 4. The molecule has 0 spiro atoms. The average molecular weight is 470 g/mol. The summed E-state index contributed by atoms with van der Waals surface area (Å²) < 4.78 is 40.8. The lowest BCUT2D eigenvalue weighted by Crippen LogP contribution is -2.42. The summed E-state index contributed by atoms with van der Waals surface area (Å²) in [6.07, 6.45) is 0.265. The van der Waals surface area contributed by atoms with Gasteiger partial charge in [-0.1, -0.05) is 20.8 Å². The van der Waals surface area contributed by atoms with Gasteiger partial charge in [0.2, 0.25) is 5.91 Å². The topological polar surface area (TPSA) is 44.8 Å². The number of piperidine rings is 2. The Balaban J connectivity index is 1.33. The van der Waals surface area contributed by atoms with Crippen molar-refractivity contribution in [3.8, 4) is 5.75 Å². The number of nitrogens with one attached hydrogen (secondary N) is 1. The van der Waals surface area contributed by atoms with Crippen LogP contribution < -0.4 is 15.0 Å². The maximum atomic E-state index is 12.6. The number of anilines is 1. The number of amides is 1. The van der Waals surface area contributed by atoms with Crippen molar-refractivity contribution < 1.29 is 22.7 Å². The molecule has 0 radical (unpaired) electrons. The van der Waals surface area contributed by atoms with Crippen molar-refractivity contribution in [2.45, 2.75) is 59.2 Å². The quantitative estimate of drug-likeness (QED) is 0.606. The number of nitrogens with zero attached hydrogens (tertiary/aromatic N) is 2. The van der Waals surface area contributed by atoms with Gasteiger partial charge in [0.1, 0.15) is 5.75 Å². The molecule has 2 heterocycles. The van der Waals surface area contributed by atoms with E-state index in [1.807, 2.05) is 0 Å². The Hall–Kier alpha value is -1.96. The molecule has 0 aromatic heterocycles. The van der Waals surface area contributed by atoms with E-state index in [1.165, 1.54) is 25.0 Å². The Morgan fingerprint density at radius 3 is 2.15 bits per heavy atom.